The van der Waals surface area contributed by atoms with Crippen LogP contribution in [0.1, 0.15) is 6.42 Å². The van der Waals surface area contributed by atoms with Gasteiger partial charge in [-0.15, -0.1) is 0 Å². The van der Waals surface area contributed by atoms with E-state index in [-0.39, 0.29) is 10.9 Å². The first-order valence-electron chi connectivity index (χ1n) is 5.44. The molecule has 0 amide bonds. The van der Waals surface area contributed by atoms with Gasteiger partial charge in [-0.25, -0.2) is 13.1 Å². The third-order valence-corrected chi connectivity index (χ3v) is 4.51. The fourth-order valence-electron chi connectivity index (χ4n) is 1.87. The zero-order chi connectivity index (χ0) is 13.2. The van der Waals surface area contributed by atoms with Crippen LogP contribution in [0.15, 0.2) is 29.2 Å². The van der Waals surface area contributed by atoms with Gasteiger partial charge < -0.3 is 4.90 Å². The standard InChI is InChI=1S/C11H12ClN3O2S/c12-9-2-1-3-11(6-9)18(16,17)14-10-4-5-15(7-10)8-13/h1-3,6,10,14H,4-5,7H2. The van der Waals surface area contributed by atoms with Crippen molar-refractivity contribution in [1.29, 1.82) is 5.26 Å². The third-order valence-electron chi connectivity index (χ3n) is 2.76. The Balaban J connectivity index is 2.12. The lowest BCUT2D eigenvalue weighted by atomic mass is 10.3. The largest absolute Gasteiger partial charge is 0.309 e. The van der Waals surface area contributed by atoms with Crippen molar-refractivity contribution in [3.8, 4) is 6.19 Å². The summed E-state index contributed by atoms with van der Waals surface area (Å²) in [6.07, 6.45) is 2.64. The van der Waals surface area contributed by atoms with E-state index in [9.17, 15) is 8.42 Å². The Kier molecular flexibility index (Phi) is 3.76. The first-order valence-corrected chi connectivity index (χ1v) is 7.30. The second-order valence-corrected chi connectivity index (χ2v) is 6.26. The monoisotopic (exact) mass is 285 g/mol. The van der Waals surface area contributed by atoms with E-state index in [4.69, 9.17) is 16.9 Å². The molecule has 1 aromatic carbocycles. The summed E-state index contributed by atoms with van der Waals surface area (Å²) >= 11 is 5.77. The summed E-state index contributed by atoms with van der Waals surface area (Å²) in [7, 11) is -3.57. The van der Waals surface area contributed by atoms with Gasteiger partial charge in [-0.2, -0.15) is 5.26 Å². The molecule has 1 N–H and O–H groups in total. The van der Waals surface area contributed by atoms with Gasteiger partial charge in [-0.05, 0) is 24.6 Å². The van der Waals surface area contributed by atoms with Crippen LogP contribution in [0, 0.1) is 11.5 Å². The number of rotatable bonds is 3. The van der Waals surface area contributed by atoms with E-state index < -0.39 is 10.0 Å². The molecule has 1 aromatic rings. The number of likely N-dealkylation sites (tertiary alicyclic amines) is 1. The maximum absolute atomic E-state index is 12.1. The molecule has 1 aliphatic heterocycles. The molecule has 0 bridgehead atoms. The van der Waals surface area contributed by atoms with Gasteiger partial charge in [-0.1, -0.05) is 17.7 Å². The Hall–Kier alpha value is -1.29. The normalized spacial score (nSPS) is 19.8. The van der Waals surface area contributed by atoms with Crippen LogP contribution in [-0.2, 0) is 10.0 Å². The molecule has 0 aliphatic carbocycles. The van der Waals surface area contributed by atoms with E-state index in [0.29, 0.717) is 24.5 Å². The lowest BCUT2D eigenvalue weighted by Gasteiger charge is -2.12. The molecule has 1 heterocycles. The number of hydrogen-bond donors (Lipinski definition) is 1. The van der Waals surface area contributed by atoms with Crippen molar-refractivity contribution in [1.82, 2.24) is 9.62 Å². The van der Waals surface area contributed by atoms with Crippen LogP contribution in [0.25, 0.3) is 0 Å². The Labute approximate surface area is 111 Å². The summed E-state index contributed by atoms with van der Waals surface area (Å²) in [5.74, 6) is 0. The van der Waals surface area contributed by atoms with Crippen molar-refractivity contribution in [2.75, 3.05) is 13.1 Å². The molecule has 1 unspecified atom stereocenters. The molecule has 5 nitrogen and oxygen atoms in total. The molecular weight excluding hydrogens is 274 g/mol. The van der Waals surface area contributed by atoms with Crippen molar-refractivity contribution >= 4 is 21.6 Å². The highest BCUT2D eigenvalue weighted by molar-refractivity contribution is 7.89. The average Bonchev–Trinajstić information content (AvgIpc) is 2.76. The van der Waals surface area contributed by atoms with Crippen LogP contribution >= 0.6 is 11.6 Å². The average molecular weight is 286 g/mol. The van der Waals surface area contributed by atoms with Gasteiger partial charge in [0, 0.05) is 24.2 Å². The molecule has 1 atom stereocenters. The quantitative estimate of drug-likeness (QED) is 0.846. The van der Waals surface area contributed by atoms with Crippen LogP contribution in [0.3, 0.4) is 0 Å². The minimum atomic E-state index is -3.57. The molecule has 0 spiro atoms. The predicted molar refractivity (Wildman–Crippen MR) is 67.4 cm³/mol. The number of nitrogens with zero attached hydrogens (tertiary/aromatic N) is 2. The van der Waals surface area contributed by atoms with Crippen molar-refractivity contribution in [2.24, 2.45) is 0 Å². The fraction of sp³-hybridized carbons (Fsp3) is 0.364. The number of sulfonamides is 1. The van der Waals surface area contributed by atoms with Crippen molar-refractivity contribution < 1.29 is 8.42 Å². The summed E-state index contributed by atoms with van der Waals surface area (Å²) in [6, 6.07) is 5.88. The molecule has 1 saturated heterocycles. The Morgan fingerprint density at radius 2 is 2.28 bits per heavy atom. The molecule has 1 aliphatic rings. The lowest BCUT2D eigenvalue weighted by molar-refractivity contribution is 0.470. The lowest BCUT2D eigenvalue weighted by Crippen LogP contribution is -2.36. The van der Waals surface area contributed by atoms with E-state index in [0.717, 1.165) is 0 Å². The van der Waals surface area contributed by atoms with Gasteiger partial charge >= 0.3 is 0 Å². The molecule has 7 heteroatoms. The summed E-state index contributed by atoms with van der Waals surface area (Å²) in [6.45, 7) is 0.996. The number of benzene rings is 1. The predicted octanol–water partition coefficient (Wildman–Crippen LogP) is 1.17. The van der Waals surface area contributed by atoms with Crippen LogP contribution in [-0.4, -0.2) is 32.4 Å². The van der Waals surface area contributed by atoms with Gasteiger partial charge in [0.05, 0.1) is 4.90 Å². The maximum atomic E-state index is 12.1. The summed E-state index contributed by atoms with van der Waals surface area (Å²) in [5, 5.41) is 9.09. The van der Waals surface area contributed by atoms with Gasteiger partial charge in [-0.3, -0.25) is 0 Å². The van der Waals surface area contributed by atoms with Gasteiger partial charge in [0.2, 0.25) is 10.0 Å². The van der Waals surface area contributed by atoms with Gasteiger partial charge in [0.1, 0.15) is 0 Å². The van der Waals surface area contributed by atoms with Gasteiger partial charge in [0.15, 0.2) is 6.19 Å². The van der Waals surface area contributed by atoms with Crippen molar-refractivity contribution in [3.63, 3.8) is 0 Å². The molecule has 2 rings (SSSR count). The van der Waals surface area contributed by atoms with E-state index in [1.165, 1.54) is 17.0 Å². The highest BCUT2D eigenvalue weighted by atomic mass is 35.5. The second kappa shape index (κ2) is 5.14. The molecule has 0 aromatic heterocycles. The molecule has 1 fully saturated rings. The maximum Gasteiger partial charge on any atom is 0.240 e. The van der Waals surface area contributed by atoms with E-state index in [1.54, 1.807) is 12.1 Å². The minimum absolute atomic E-state index is 0.144. The summed E-state index contributed by atoms with van der Waals surface area (Å²) < 4.78 is 26.7. The minimum Gasteiger partial charge on any atom is -0.309 e. The van der Waals surface area contributed by atoms with E-state index in [1.807, 2.05) is 6.19 Å². The number of halogens is 1. The molecule has 0 saturated carbocycles. The van der Waals surface area contributed by atoms with Gasteiger partial charge in [0.25, 0.3) is 0 Å². The summed E-state index contributed by atoms with van der Waals surface area (Å²) in [4.78, 5) is 1.68. The van der Waals surface area contributed by atoms with E-state index in [2.05, 4.69) is 4.72 Å². The highest BCUT2D eigenvalue weighted by Gasteiger charge is 2.26. The molecular formula is C11H12ClN3O2S. The highest BCUT2D eigenvalue weighted by Crippen LogP contribution is 2.17. The number of hydrogen-bond acceptors (Lipinski definition) is 4. The zero-order valence-electron chi connectivity index (χ0n) is 9.51. The number of nitrogens with one attached hydrogen (secondary N) is 1. The first kappa shape index (κ1) is 13.1. The Bertz CT molecular complexity index is 582. The fourth-order valence-corrected chi connectivity index (χ4v) is 3.43. The molecule has 96 valence electrons. The van der Waals surface area contributed by atoms with Crippen molar-refractivity contribution in [3.05, 3.63) is 29.3 Å². The molecule has 0 radical (unpaired) electrons. The topological polar surface area (TPSA) is 73.2 Å². The SMILES string of the molecule is N#CN1CCC(NS(=O)(=O)c2cccc(Cl)c2)C1. The van der Waals surface area contributed by atoms with Crippen molar-refractivity contribution in [2.45, 2.75) is 17.4 Å². The Morgan fingerprint density at radius 3 is 2.89 bits per heavy atom. The third kappa shape index (κ3) is 2.93. The second-order valence-electron chi connectivity index (χ2n) is 4.11. The zero-order valence-corrected chi connectivity index (χ0v) is 11.1. The van der Waals surface area contributed by atoms with Crippen LogP contribution in [0.2, 0.25) is 5.02 Å². The first-order chi connectivity index (χ1) is 8.51. The summed E-state index contributed by atoms with van der Waals surface area (Å²) in [5.41, 5.74) is 0. The Morgan fingerprint density at radius 1 is 1.50 bits per heavy atom. The number of nitriles is 1. The van der Waals surface area contributed by atoms with Crippen LogP contribution in [0.4, 0.5) is 0 Å². The smallest absolute Gasteiger partial charge is 0.240 e. The van der Waals surface area contributed by atoms with Crippen LogP contribution < -0.4 is 4.72 Å². The molecule has 18 heavy (non-hydrogen) atoms. The van der Waals surface area contributed by atoms with E-state index >= 15 is 0 Å². The van der Waals surface area contributed by atoms with Crippen LogP contribution in [0.5, 0.6) is 0 Å².